The summed E-state index contributed by atoms with van der Waals surface area (Å²) in [6.45, 7) is 0. The quantitative estimate of drug-likeness (QED) is 0.877. The third kappa shape index (κ3) is 3.15. The molecule has 5 nitrogen and oxygen atoms in total. The average Bonchev–Trinajstić information content (AvgIpc) is 2.86. The predicted molar refractivity (Wildman–Crippen MR) is 74.7 cm³/mol. The number of carbonyl (C=O) groups excluding carboxylic acids is 1. The van der Waals surface area contributed by atoms with Crippen LogP contribution in [0.1, 0.15) is 9.67 Å². The molecule has 0 amide bonds. The molecular weight excluding hydrogens is 288 g/mol. The van der Waals surface area contributed by atoms with Crippen LogP contribution in [0.5, 0.6) is 5.75 Å². The number of nitrogens with one attached hydrogen (secondary N) is 1. The van der Waals surface area contributed by atoms with Gasteiger partial charge in [0.05, 0.1) is 26.1 Å². The first-order valence-corrected chi connectivity index (χ1v) is 6.48. The lowest BCUT2D eigenvalue weighted by atomic mass is 10.3. The molecule has 0 radical (unpaired) electrons. The van der Waals surface area contributed by atoms with Crippen LogP contribution in [-0.2, 0) is 4.74 Å². The van der Waals surface area contributed by atoms with Crippen molar-refractivity contribution in [2.45, 2.75) is 0 Å². The van der Waals surface area contributed by atoms with Crippen molar-refractivity contribution in [2.75, 3.05) is 19.5 Å². The first-order valence-electron chi connectivity index (χ1n) is 5.28. The maximum absolute atomic E-state index is 11.3. The minimum Gasteiger partial charge on any atom is -0.495 e. The zero-order valence-electron chi connectivity index (χ0n) is 10.3. The number of esters is 1. The number of methoxy groups -OCH3 is 2. The second kappa shape index (κ2) is 5.90. The van der Waals surface area contributed by atoms with Crippen LogP contribution in [0.4, 0.5) is 10.8 Å². The lowest BCUT2D eigenvalue weighted by molar-refractivity contribution is 0.0606. The Bertz CT molecular complexity index is 600. The van der Waals surface area contributed by atoms with Crippen molar-refractivity contribution < 1.29 is 14.3 Å². The van der Waals surface area contributed by atoms with Gasteiger partial charge in [-0.15, -0.1) is 0 Å². The Morgan fingerprint density at radius 1 is 1.42 bits per heavy atom. The van der Waals surface area contributed by atoms with E-state index in [1.807, 2.05) is 0 Å². The molecular formula is C12H11ClN2O3S. The zero-order valence-corrected chi connectivity index (χ0v) is 11.8. The Morgan fingerprint density at radius 3 is 2.89 bits per heavy atom. The fraction of sp³-hybridized carbons (Fsp3) is 0.167. The number of benzene rings is 1. The highest BCUT2D eigenvalue weighted by molar-refractivity contribution is 7.17. The highest BCUT2D eigenvalue weighted by Gasteiger charge is 2.12. The van der Waals surface area contributed by atoms with Gasteiger partial charge in [0.2, 0.25) is 0 Å². The summed E-state index contributed by atoms with van der Waals surface area (Å²) in [5.74, 6) is 0.225. The van der Waals surface area contributed by atoms with Crippen LogP contribution in [0.25, 0.3) is 0 Å². The Balaban J connectivity index is 2.23. The van der Waals surface area contributed by atoms with E-state index in [0.29, 0.717) is 26.5 Å². The Morgan fingerprint density at radius 2 is 2.21 bits per heavy atom. The largest absolute Gasteiger partial charge is 0.495 e. The van der Waals surface area contributed by atoms with Crippen molar-refractivity contribution in [2.24, 2.45) is 0 Å². The monoisotopic (exact) mass is 298 g/mol. The van der Waals surface area contributed by atoms with Gasteiger partial charge in [0, 0.05) is 5.02 Å². The van der Waals surface area contributed by atoms with Crippen LogP contribution in [0, 0.1) is 0 Å². The molecule has 0 bridgehead atoms. The molecule has 0 aliphatic carbocycles. The van der Waals surface area contributed by atoms with E-state index >= 15 is 0 Å². The number of halogens is 1. The summed E-state index contributed by atoms with van der Waals surface area (Å²) in [4.78, 5) is 15.8. The number of thiazole rings is 1. The molecule has 0 saturated carbocycles. The van der Waals surface area contributed by atoms with Crippen LogP contribution in [-0.4, -0.2) is 25.2 Å². The van der Waals surface area contributed by atoms with E-state index in [2.05, 4.69) is 15.0 Å². The lowest BCUT2D eigenvalue weighted by Gasteiger charge is -2.09. The molecule has 1 heterocycles. The second-order valence-electron chi connectivity index (χ2n) is 3.49. The topological polar surface area (TPSA) is 60.5 Å². The normalized spacial score (nSPS) is 10.1. The molecule has 0 aliphatic rings. The minimum atomic E-state index is -0.413. The minimum absolute atomic E-state index is 0.413. The molecule has 0 saturated heterocycles. The maximum atomic E-state index is 11.3. The molecule has 7 heteroatoms. The van der Waals surface area contributed by atoms with Crippen LogP contribution >= 0.6 is 22.9 Å². The van der Waals surface area contributed by atoms with Crippen molar-refractivity contribution in [1.82, 2.24) is 4.98 Å². The fourth-order valence-electron chi connectivity index (χ4n) is 1.42. The summed E-state index contributed by atoms with van der Waals surface area (Å²) in [6.07, 6.45) is 1.45. The van der Waals surface area contributed by atoms with Gasteiger partial charge in [-0.3, -0.25) is 0 Å². The molecule has 0 spiro atoms. The number of hydrogen-bond acceptors (Lipinski definition) is 6. The predicted octanol–water partition coefficient (Wildman–Crippen LogP) is 3.34. The Kier molecular flexibility index (Phi) is 4.24. The van der Waals surface area contributed by atoms with Crippen LogP contribution in [0.2, 0.25) is 5.02 Å². The average molecular weight is 299 g/mol. The van der Waals surface area contributed by atoms with E-state index in [1.54, 1.807) is 25.3 Å². The smallest absolute Gasteiger partial charge is 0.349 e. The van der Waals surface area contributed by atoms with Crippen molar-refractivity contribution in [3.05, 3.63) is 34.3 Å². The molecule has 19 heavy (non-hydrogen) atoms. The number of ether oxygens (including phenoxy) is 2. The van der Waals surface area contributed by atoms with E-state index in [0.717, 1.165) is 0 Å². The number of anilines is 2. The van der Waals surface area contributed by atoms with Crippen LogP contribution < -0.4 is 10.1 Å². The Labute approximate surface area is 119 Å². The van der Waals surface area contributed by atoms with E-state index in [1.165, 1.54) is 24.6 Å². The van der Waals surface area contributed by atoms with Gasteiger partial charge in [0.25, 0.3) is 0 Å². The van der Waals surface area contributed by atoms with Crippen LogP contribution in [0.3, 0.4) is 0 Å². The summed E-state index contributed by atoms with van der Waals surface area (Å²) in [5, 5.41) is 4.19. The first kappa shape index (κ1) is 13.6. The van der Waals surface area contributed by atoms with E-state index in [4.69, 9.17) is 16.3 Å². The van der Waals surface area contributed by atoms with Gasteiger partial charge in [-0.05, 0) is 18.2 Å². The van der Waals surface area contributed by atoms with Crippen molar-refractivity contribution in [3.63, 3.8) is 0 Å². The molecule has 1 aromatic carbocycles. The summed E-state index contributed by atoms with van der Waals surface area (Å²) >= 11 is 7.12. The molecule has 1 N–H and O–H groups in total. The number of aromatic nitrogens is 1. The second-order valence-corrected chi connectivity index (χ2v) is 4.96. The van der Waals surface area contributed by atoms with Gasteiger partial charge in [-0.2, -0.15) is 0 Å². The highest BCUT2D eigenvalue weighted by atomic mass is 35.5. The highest BCUT2D eigenvalue weighted by Crippen LogP contribution is 2.32. The van der Waals surface area contributed by atoms with Crippen LogP contribution in [0.15, 0.2) is 24.4 Å². The molecule has 100 valence electrons. The van der Waals surface area contributed by atoms with Gasteiger partial charge in [-0.25, -0.2) is 9.78 Å². The Hall–Kier alpha value is -1.79. The van der Waals surface area contributed by atoms with E-state index in [-0.39, 0.29) is 0 Å². The molecule has 2 aromatic rings. The molecule has 0 aliphatic heterocycles. The third-order valence-electron chi connectivity index (χ3n) is 2.30. The fourth-order valence-corrected chi connectivity index (χ4v) is 2.34. The van der Waals surface area contributed by atoms with Crippen molar-refractivity contribution in [1.29, 1.82) is 0 Å². The SMILES string of the molecule is COC(=O)c1cnc(Nc2cc(Cl)ccc2OC)s1. The number of hydrogen-bond donors (Lipinski definition) is 1. The van der Waals surface area contributed by atoms with E-state index in [9.17, 15) is 4.79 Å². The summed E-state index contributed by atoms with van der Waals surface area (Å²) in [7, 11) is 2.89. The number of rotatable bonds is 4. The molecule has 2 rings (SSSR count). The van der Waals surface area contributed by atoms with E-state index < -0.39 is 5.97 Å². The number of carbonyl (C=O) groups is 1. The first-order chi connectivity index (χ1) is 9.13. The van der Waals surface area contributed by atoms with Gasteiger partial charge in [-0.1, -0.05) is 22.9 Å². The molecule has 1 aromatic heterocycles. The number of nitrogens with zero attached hydrogens (tertiary/aromatic N) is 1. The zero-order chi connectivity index (χ0) is 13.8. The van der Waals surface area contributed by atoms with Crippen molar-refractivity contribution >= 4 is 39.7 Å². The van der Waals surface area contributed by atoms with Gasteiger partial charge >= 0.3 is 5.97 Å². The molecule has 0 fully saturated rings. The van der Waals surface area contributed by atoms with Gasteiger partial charge in [0.1, 0.15) is 10.6 Å². The standard InChI is InChI=1S/C12H11ClN2O3S/c1-17-9-4-3-7(13)5-8(9)15-12-14-6-10(19-12)11(16)18-2/h3-6H,1-2H3,(H,14,15). The summed E-state index contributed by atoms with van der Waals surface area (Å²) < 4.78 is 9.83. The van der Waals surface area contributed by atoms with Crippen molar-refractivity contribution in [3.8, 4) is 5.75 Å². The van der Waals surface area contributed by atoms with Gasteiger partial charge in [0.15, 0.2) is 5.13 Å². The molecule has 0 unspecified atom stereocenters. The summed E-state index contributed by atoms with van der Waals surface area (Å²) in [5.41, 5.74) is 0.681. The third-order valence-corrected chi connectivity index (χ3v) is 3.42. The summed E-state index contributed by atoms with van der Waals surface area (Å²) in [6, 6.07) is 5.20. The lowest BCUT2D eigenvalue weighted by Crippen LogP contribution is -1.96. The van der Waals surface area contributed by atoms with Gasteiger partial charge < -0.3 is 14.8 Å². The maximum Gasteiger partial charge on any atom is 0.349 e. The molecule has 0 atom stereocenters.